The normalized spacial score (nSPS) is 14.9. The minimum Gasteiger partial charge on any atom is -0.399 e. The van der Waals surface area contributed by atoms with Gasteiger partial charge in [-0.15, -0.1) is 0 Å². The molecular formula is C33H50N4O. The minimum absolute atomic E-state index is 0.0308. The molecule has 5 N–H and O–H groups in total. The number of carbonyl (C=O) groups excluding carboxylic acids is 1. The molecule has 1 unspecified atom stereocenters. The molecule has 0 aliphatic heterocycles. The molecule has 2 aromatic rings. The Balaban J connectivity index is 0.000000548. The van der Waals surface area contributed by atoms with E-state index in [4.69, 9.17) is 5.73 Å². The molecule has 2 aliphatic carbocycles. The van der Waals surface area contributed by atoms with Crippen LogP contribution in [0.2, 0.25) is 0 Å². The number of likely N-dealkylation sites (N-methyl/N-ethyl adjacent to an activating group) is 1. The van der Waals surface area contributed by atoms with Crippen LogP contribution in [0, 0.1) is 11.3 Å². The fraction of sp³-hybridized carbons (Fsp3) is 0.485. The molecule has 1 atom stereocenters. The predicted octanol–water partition coefficient (Wildman–Crippen LogP) is 5.67. The van der Waals surface area contributed by atoms with Crippen LogP contribution >= 0.6 is 0 Å². The van der Waals surface area contributed by atoms with Gasteiger partial charge in [0, 0.05) is 47.5 Å². The molecule has 4 rings (SSSR count). The molecule has 5 nitrogen and oxygen atoms in total. The van der Waals surface area contributed by atoms with Crippen LogP contribution in [0.1, 0.15) is 85.3 Å². The summed E-state index contributed by atoms with van der Waals surface area (Å²) < 4.78 is 0. The van der Waals surface area contributed by atoms with Gasteiger partial charge < -0.3 is 21.4 Å². The number of aromatic nitrogens is 1. The van der Waals surface area contributed by atoms with Crippen molar-refractivity contribution in [3.05, 3.63) is 71.0 Å². The molecule has 2 aliphatic rings. The Morgan fingerprint density at radius 2 is 1.79 bits per heavy atom. The van der Waals surface area contributed by atoms with Gasteiger partial charge in [0.15, 0.2) is 0 Å². The van der Waals surface area contributed by atoms with Crippen LogP contribution < -0.4 is 26.9 Å². The second kappa shape index (κ2) is 14.1. The quantitative estimate of drug-likeness (QED) is 0.322. The molecule has 208 valence electrons. The van der Waals surface area contributed by atoms with Gasteiger partial charge in [0.1, 0.15) is 5.78 Å². The first-order valence-corrected chi connectivity index (χ1v) is 14.2. The number of nitrogens with one attached hydrogen (secondary N) is 3. The number of aromatic amines is 1. The molecule has 0 saturated heterocycles. The Morgan fingerprint density at radius 3 is 2.29 bits per heavy atom. The number of benzene rings is 1. The number of nitrogen functional groups attached to an aromatic ring is 1. The van der Waals surface area contributed by atoms with Crippen molar-refractivity contribution in [2.24, 2.45) is 11.3 Å². The number of fused-ring (bicyclic) bond motifs is 1. The van der Waals surface area contributed by atoms with Gasteiger partial charge in [0.25, 0.3) is 0 Å². The lowest BCUT2D eigenvalue weighted by molar-refractivity contribution is -0.118. The van der Waals surface area contributed by atoms with Crippen LogP contribution in [0.5, 0.6) is 0 Å². The highest BCUT2D eigenvalue weighted by atomic mass is 16.1. The summed E-state index contributed by atoms with van der Waals surface area (Å²) in [6, 6.07) is 7.82. The number of hydrogen-bond acceptors (Lipinski definition) is 4. The minimum atomic E-state index is 0.0308. The van der Waals surface area contributed by atoms with Crippen LogP contribution in [0.4, 0.5) is 5.69 Å². The van der Waals surface area contributed by atoms with E-state index < -0.39 is 0 Å². The van der Waals surface area contributed by atoms with E-state index in [1.165, 1.54) is 21.7 Å². The van der Waals surface area contributed by atoms with Crippen molar-refractivity contribution >= 4 is 28.8 Å². The maximum absolute atomic E-state index is 10.2. The first-order valence-electron chi connectivity index (χ1n) is 14.2. The van der Waals surface area contributed by atoms with Gasteiger partial charge >= 0.3 is 0 Å². The fourth-order valence-corrected chi connectivity index (χ4v) is 4.66. The number of rotatable bonds is 9. The molecule has 1 saturated carbocycles. The number of nitrogens with two attached hydrogens (primary N) is 1. The average Bonchev–Trinajstić information content (AvgIpc) is 3.66. The molecule has 38 heavy (non-hydrogen) atoms. The third kappa shape index (κ3) is 8.68. The van der Waals surface area contributed by atoms with Gasteiger partial charge in [-0.25, -0.2) is 0 Å². The average molecular weight is 519 g/mol. The lowest BCUT2D eigenvalue weighted by atomic mass is 9.81. The Kier molecular flexibility index (Phi) is 11.5. The second-order valence-electron chi connectivity index (χ2n) is 11.0. The largest absolute Gasteiger partial charge is 0.399 e. The number of ketones is 1. The van der Waals surface area contributed by atoms with Gasteiger partial charge in [0.05, 0.1) is 6.04 Å². The van der Waals surface area contributed by atoms with Gasteiger partial charge in [-0.05, 0) is 79.0 Å². The first-order chi connectivity index (χ1) is 18.0. The summed E-state index contributed by atoms with van der Waals surface area (Å²) in [5, 5.41) is 9.63. The number of Topliss-reactive ketones (excluding diaryl/α,β-unsaturated/α-hetero) is 1. The molecule has 1 fully saturated rings. The Bertz CT molecular complexity index is 1210. The first kappa shape index (κ1) is 31.0. The fourth-order valence-electron chi connectivity index (χ4n) is 4.66. The maximum atomic E-state index is 10.2. The summed E-state index contributed by atoms with van der Waals surface area (Å²) >= 11 is 0. The van der Waals surface area contributed by atoms with Crippen molar-refractivity contribution in [1.82, 2.24) is 15.6 Å². The van der Waals surface area contributed by atoms with Crippen LogP contribution in [0.3, 0.4) is 0 Å². The van der Waals surface area contributed by atoms with E-state index in [0.717, 1.165) is 61.3 Å². The van der Waals surface area contributed by atoms with Crippen molar-refractivity contribution in [1.29, 1.82) is 0 Å². The Hall–Kier alpha value is -3.21. The van der Waals surface area contributed by atoms with Crippen molar-refractivity contribution in [3.63, 3.8) is 0 Å². The summed E-state index contributed by atoms with van der Waals surface area (Å²) in [5.74, 6) is 0.833. The summed E-state index contributed by atoms with van der Waals surface area (Å²) in [5.41, 5.74) is 12.4. The predicted molar refractivity (Wildman–Crippen MR) is 165 cm³/mol. The number of hydrogen-bond donors (Lipinski definition) is 4. The summed E-state index contributed by atoms with van der Waals surface area (Å²) in [6.45, 7) is 24.0. The SMILES string of the molecule is C=C(NC(Cc1c[nH]c2c1=CCCC=2C(C)(C)C)C(=C)NCC)c1ccc(N)cc1.CC.CC(=O)C1CC1. The molecular weight excluding hydrogens is 468 g/mol. The number of anilines is 1. The highest BCUT2D eigenvalue weighted by molar-refractivity contribution is 5.80. The zero-order valence-electron chi connectivity index (χ0n) is 24.8. The van der Waals surface area contributed by atoms with E-state index >= 15 is 0 Å². The molecule has 0 bridgehead atoms. The standard InChI is InChI=1S/C26H36N4.C5H8O.C2H6/c1-7-28-18(3)24(30-17(2)19-11-13-21(27)14-12-19)15-20-16-29-25-22(20)9-8-10-23(25)26(4,5)6;1-4(6)5-2-3-5;1-2/h9,11-14,16,24,28-30H,2-3,7-8,10,15,27H2,1,4-6H3;5H,2-3H2,1H3;1-2H3. The Labute approximate surface area is 230 Å². The highest BCUT2D eigenvalue weighted by Gasteiger charge is 2.25. The zero-order valence-corrected chi connectivity index (χ0v) is 24.8. The van der Waals surface area contributed by atoms with E-state index in [9.17, 15) is 4.79 Å². The van der Waals surface area contributed by atoms with E-state index in [-0.39, 0.29) is 11.5 Å². The molecule has 1 aromatic carbocycles. The van der Waals surface area contributed by atoms with Gasteiger partial charge in [-0.1, -0.05) is 66.0 Å². The van der Waals surface area contributed by atoms with Crippen LogP contribution in [0.15, 0.2) is 49.3 Å². The van der Waals surface area contributed by atoms with Crippen molar-refractivity contribution in [2.75, 3.05) is 12.3 Å². The van der Waals surface area contributed by atoms with Gasteiger partial charge in [-0.3, -0.25) is 4.79 Å². The van der Waals surface area contributed by atoms with Crippen LogP contribution in [-0.2, 0) is 11.2 Å². The molecule has 1 aromatic heterocycles. The molecule has 0 spiro atoms. The summed E-state index contributed by atoms with van der Waals surface area (Å²) in [7, 11) is 0. The molecule has 1 heterocycles. The van der Waals surface area contributed by atoms with E-state index in [0.29, 0.717) is 11.7 Å². The molecule has 0 amide bonds. The lowest BCUT2D eigenvalue weighted by Crippen LogP contribution is -2.39. The van der Waals surface area contributed by atoms with E-state index in [1.807, 2.05) is 38.1 Å². The number of carbonyl (C=O) groups is 1. The molecule has 0 radical (unpaired) electrons. The van der Waals surface area contributed by atoms with Crippen molar-refractivity contribution < 1.29 is 4.79 Å². The molecule has 5 heteroatoms. The maximum Gasteiger partial charge on any atom is 0.132 e. The van der Waals surface area contributed by atoms with Crippen LogP contribution in [-0.4, -0.2) is 23.4 Å². The van der Waals surface area contributed by atoms with Crippen molar-refractivity contribution in [3.8, 4) is 0 Å². The summed E-state index contributed by atoms with van der Waals surface area (Å²) in [6.07, 6.45) is 9.88. The zero-order chi connectivity index (χ0) is 28.5. The third-order valence-corrected chi connectivity index (χ3v) is 6.96. The Morgan fingerprint density at radius 1 is 1.16 bits per heavy atom. The lowest BCUT2D eigenvalue weighted by Gasteiger charge is -2.25. The second-order valence-corrected chi connectivity index (χ2v) is 11.0. The summed E-state index contributed by atoms with van der Waals surface area (Å²) in [4.78, 5) is 13.8. The highest BCUT2D eigenvalue weighted by Crippen LogP contribution is 2.30. The van der Waals surface area contributed by atoms with Crippen LogP contribution in [0.25, 0.3) is 17.3 Å². The van der Waals surface area contributed by atoms with Gasteiger partial charge in [-0.2, -0.15) is 0 Å². The third-order valence-electron chi connectivity index (χ3n) is 6.96. The van der Waals surface area contributed by atoms with Crippen molar-refractivity contribution in [2.45, 2.75) is 86.6 Å². The smallest absolute Gasteiger partial charge is 0.132 e. The number of H-pyrrole nitrogens is 1. The van der Waals surface area contributed by atoms with E-state index in [2.05, 4.69) is 68.7 Å². The van der Waals surface area contributed by atoms with Gasteiger partial charge in [0.2, 0.25) is 0 Å². The van der Waals surface area contributed by atoms with E-state index in [1.54, 1.807) is 6.92 Å². The topological polar surface area (TPSA) is 82.9 Å². The monoisotopic (exact) mass is 518 g/mol.